The molecule has 0 aromatic heterocycles. The summed E-state index contributed by atoms with van der Waals surface area (Å²) in [5.74, 6) is -0.116. The lowest BCUT2D eigenvalue weighted by atomic mass is 9.86. The fourth-order valence-electron chi connectivity index (χ4n) is 2.90. The van der Waals surface area contributed by atoms with Gasteiger partial charge in [0.15, 0.2) is 9.84 Å². The second-order valence-electron chi connectivity index (χ2n) is 7.03. The molecule has 1 N–H and O–H groups in total. The number of nitrogens with zero attached hydrogens (tertiary/aromatic N) is 1. The van der Waals surface area contributed by atoms with Gasteiger partial charge in [-0.25, -0.2) is 8.42 Å². The molecule has 0 aromatic rings. The molecule has 0 aromatic carbocycles. The van der Waals surface area contributed by atoms with Crippen molar-refractivity contribution in [2.45, 2.75) is 51.3 Å². The van der Waals surface area contributed by atoms with E-state index >= 15 is 0 Å². The van der Waals surface area contributed by atoms with Gasteiger partial charge >= 0.3 is 0 Å². The van der Waals surface area contributed by atoms with E-state index in [1.54, 1.807) is 4.90 Å². The van der Waals surface area contributed by atoms with E-state index in [2.05, 4.69) is 5.32 Å². The SMILES string of the molecule is CC(C)(C)C1NC(=O)CCN(CC2CCCS2(=O)=O)C1=O. The molecule has 2 amide bonds. The Morgan fingerprint density at radius 2 is 1.95 bits per heavy atom. The molecule has 2 heterocycles. The third-order valence-corrected chi connectivity index (χ3v) is 6.48. The van der Waals surface area contributed by atoms with Crippen LogP contribution in [-0.4, -0.2) is 55.3 Å². The molecular formula is C14H24N2O4S. The van der Waals surface area contributed by atoms with Crippen LogP contribution >= 0.6 is 0 Å². The summed E-state index contributed by atoms with van der Waals surface area (Å²) in [6.07, 6.45) is 1.49. The van der Waals surface area contributed by atoms with E-state index in [9.17, 15) is 18.0 Å². The summed E-state index contributed by atoms with van der Waals surface area (Å²) in [4.78, 5) is 26.0. The van der Waals surface area contributed by atoms with Gasteiger partial charge in [-0.3, -0.25) is 9.59 Å². The molecule has 2 aliphatic heterocycles. The fraction of sp³-hybridized carbons (Fsp3) is 0.857. The first kappa shape index (κ1) is 16.3. The van der Waals surface area contributed by atoms with Gasteiger partial charge in [-0.2, -0.15) is 0 Å². The number of hydrogen-bond donors (Lipinski definition) is 1. The van der Waals surface area contributed by atoms with E-state index < -0.39 is 26.5 Å². The van der Waals surface area contributed by atoms with Crippen LogP contribution in [0.5, 0.6) is 0 Å². The van der Waals surface area contributed by atoms with Crippen LogP contribution in [0.2, 0.25) is 0 Å². The predicted molar refractivity (Wildman–Crippen MR) is 79.4 cm³/mol. The minimum atomic E-state index is -3.09. The Bertz CT molecular complexity index is 536. The molecule has 2 unspecified atom stereocenters. The number of sulfone groups is 1. The van der Waals surface area contributed by atoms with Crippen molar-refractivity contribution in [3.63, 3.8) is 0 Å². The van der Waals surface area contributed by atoms with Crippen molar-refractivity contribution in [1.29, 1.82) is 0 Å². The highest BCUT2D eigenvalue weighted by atomic mass is 32.2. The Kier molecular flexibility index (Phi) is 4.33. The first-order valence-electron chi connectivity index (χ1n) is 7.41. The highest BCUT2D eigenvalue weighted by Gasteiger charge is 2.40. The molecule has 0 radical (unpaired) electrons. The Labute approximate surface area is 126 Å². The van der Waals surface area contributed by atoms with Crippen molar-refractivity contribution in [2.75, 3.05) is 18.8 Å². The quantitative estimate of drug-likeness (QED) is 0.795. The van der Waals surface area contributed by atoms with Crippen LogP contribution in [0.25, 0.3) is 0 Å². The lowest BCUT2D eigenvalue weighted by Gasteiger charge is -2.33. The van der Waals surface area contributed by atoms with Gasteiger partial charge in [0, 0.05) is 19.5 Å². The molecule has 2 atom stereocenters. The summed E-state index contributed by atoms with van der Waals surface area (Å²) in [7, 11) is -3.09. The zero-order chi connectivity index (χ0) is 15.8. The molecule has 7 heteroatoms. The van der Waals surface area contributed by atoms with Gasteiger partial charge in [-0.05, 0) is 18.3 Å². The topological polar surface area (TPSA) is 83.6 Å². The van der Waals surface area contributed by atoms with Crippen molar-refractivity contribution < 1.29 is 18.0 Å². The third-order valence-electron chi connectivity index (χ3n) is 4.23. The van der Waals surface area contributed by atoms with E-state index in [0.29, 0.717) is 19.4 Å². The standard InChI is InChI=1S/C14H24N2O4S/c1-14(2,3)12-13(18)16(7-6-11(17)15-12)9-10-5-4-8-21(10,19)20/h10,12H,4-9H2,1-3H3,(H,15,17). The van der Waals surface area contributed by atoms with Gasteiger partial charge in [-0.15, -0.1) is 0 Å². The van der Waals surface area contributed by atoms with Crippen LogP contribution in [0, 0.1) is 5.41 Å². The van der Waals surface area contributed by atoms with E-state index in [1.807, 2.05) is 20.8 Å². The summed E-state index contributed by atoms with van der Waals surface area (Å²) in [5.41, 5.74) is -0.399. The number of hydrogen-bond acceptors (Lipinski definition) is 4. The maximum Gasteiger partial charge on any atom is 0.245 e. The Morgan fingerprint density at radius 1 is 1.29 bits per heavy atom. The fourth-order valence-corrected chi connectivity index (χ4v) is 4.74. The summed E-state index contributed by atoms with van der Waals surface area (Å²) in [5, 5.41) is 2.29. The zero-order valence-corrected chi connectivity index (χ0v) is 13.7. The summed E-state index contributed by atoms with van der Waals surface area (Å²) < 4.78 is 23.9. The highest BCUT2D eigenvalue weighted by Crippen LogP contribution is 2.26. The van der Waals surface area contributed by atoms with Crippen LogP contribution < -0.4 is 5.32 Å². The summed E-state index contributed by atoms with van der Waals surface area (Å²) >= 11 is 0. The predicted octanol–water partition coefficient (Wildman–Crippen LogP) is 0.327. The monoisotopic (exact) mass is 316 g/mol. The first-order chi connectivity index (χ1) is 9.61. The molecule has 2 fully saturated rings. The molecule has 2 saturated heterocycles. The van der Waals surface area contributed by atoms with Crippen LogP contribution in [0.3, 0.4) is 0 Å². The van der Waals surface area contributed by atoms with Gasteiger partial charge in [0.25, 0.3) is 0 Å². The van der Waals surface area contributed by atoms with Crippen molar-refractivity contribution >= 4 is 21.7 Å². The highest BCUT2D eigenvalue weighted by molar-refractivity contribution is 7.92. The Hall–Kier alpha value is -1.11. The third kappa shape index (κ3) is 3.56. The Balaban J connectivity index is 2.18. The van der Waals surface area contributed by atoms with Crippen LogP contribution in [0.1, 0.15) is 40.0 Å². The summed E-state index contributed by atoms with van der Waals surface area (Å²) in [6.45, 7) is 6.19. The van der Waals surface area contributed by atoms with E-state index in [-0.39, 0.29) is 30.5 Å². The maximum atomic E-state index is 12.7. The van der Waals surface area contributed by atoms with Gasteiger partial charge in [0.1, 0.15) is 6.04 Å². The Morgan fingerprint density at radius 3 is 2.48 bits per heavy atom. The second-order valence-corrected chi connectivity index (χ2v) is 9.43. The smallest absolute Gasteiger partial charge is 0.245 e. The molecule has 21 heavy (non-hydrogen) atoms. The first-order valence-corrected chi connectivity index (χ1v) is 9.12. The number of amides is 2. The second kappa shape index (κ2) is 5.59. The maximum absolute atomic E-state index is 12.7. The largest absolute Gasteiger partial charge is 0.344 e. The molecule has 2 aliphatic rings. The van der Waals surface area contributed by atoms with Crippen LogP contribution in [0.4, 0.5) is 0 Å². The molecule has 2 rings (SSSR count). The lowest BCUT2D eigenvalue weighted by molar-refractivity contribution is -0.136. The average Bonchev–Trinajstić information content (AvgIpc) is 2.60. The van der Waals surface area contributed by atoms with Gasteiger partial charge in [-0.1, -0.05) is 20.8 Å². The zero-order valence-electron chi connectivity index (χ0n) is 12.9. The van der Waals surface area contributed by atoms with E-state index in [0.717, 1.165) is 0 Å². The van der Waals surface area contributed by atoms with Crippen LogP contribution in [0.15, 0.2) is 0 Å². The molecule has 6 nitrogen and oxygen atoms in total. The molecule has 0 aliphatic carbocycles. The van der Waals surface area contributed by atoms with Crippen LogP contribution in [-0.2, 0) is 19.4 Å². The van der Waals surface area contributed by atoms with Gasteiger partial charge < -0.3 is 10.2 Å². The lowest BCUT2D eigenvalue weighted by Crippen LogP contribution is -2.53. The van der Waals surface area contributed by atoms with Gasteiger partial charge in [0.05, 0.1) is 11.0 Å². The number of nitrogens with one attached hydrogen (secondary N) is 1. The molecule has 0 spiro atoms. The number of carbonyl (C=O) groups excluding carboxylic acids is 2. The molecular weight excluding hydrogens is 292 g/mol. The van der Waals surface area contributed by atoms with Crippen molar-refractivity contribution in [1.82, 2.24) is 10.2 Å². The number of rotatable bonds is 2. The van der Waals surface area contributed by atoms with Crippen molar-refractivity contribution in [3.05, 3.63) is 0 Å². The number of carbonyl (C=O) groups is 2. The van der Waals surface area contributed by atoms with Crippen molar-refractivity contribution in [3.8, 4) is 0 Å². The van der Waals surface area contributed by atoms with Gasteiger partial charge in [0.2, 0.25) is 11.8 Å². The molecule has 120 valence electrons. The van der Waals surface area contributed by atoms with Crippen molar-refractivity contribution in [2.24, 2.45) is 5.41 Å². The average molecular weight is 316 g/mol. The molecule has 0 saturated carbocycles. The molecule has 0 bridgehead atoms. The van der Waals surface area contributed by atoms with E-state index in [4.69, 9.17) is 0 Å². The van der Waals surface area contributed by atoms with E-state index in [1.165, 1.54) is 0 Å². The minimum absolute atomic E-state index is 0.153. The normalized spacial score (nSPS) is 30.1. The minimum Gasteiger partial charge on any atom is -0.344 e. The summed E-state index contributed by atoms with van der Waals surface area (Å²) in [6, 6.07) is -0.600.